The third-order valence-corrected chi connectivity index (χ3v) is 6.52. The number of aliphatic carboxylic acids is 2. The molecular weight excluding hydrogens is 518 g/mol. The maximum Gasteiger partial charge on any atom is 0.305 e. The molecular formula is C28H35N5O7. The number of benzene rings is 2. The average molecular weight is 554 g/mol. The summed E-state index contributed by atoms with van der Waals surface area (Å²) in [5.41, 5.74) is 6.81. The molecule has 40 heavy (non-hydrogen) atoms. The Bertz CT molecular complexity index is 1240. The van der Waals surface area contributed by atoms with Crippen molar-refractivity contribution in [3.63, 3.8) is 0 Å². The number of carboxylic acids is 2. The fourth-order valence-corrected chi connectivity index (χ4v) is 4.31. The number of carbonyl (C=O) groups excluding carboxylic acids is 1. The minimum absolute atomic E-state index is 0.0225. The number of aryl methyl sites for hydroxylation is 1. The first-order valence-corrected chi connectivity index (χ1v) is 12.9. The number of nitrogens with zero attached hydrogens (tertiary/aromatic N) is 1. The Morgan fingerprint density at radius 1 is 1.05 bits per heavy atom. The lowest BCUT2D eigenvalue weighted by Gasteiger charge is -2.32. The van der Waals surface area contributed by atoms with E-state index in [0.717, 1.165) is 25.9 Å². The third-order valence-electron chi connectivity index (χ3n) is 6.52. The maximum absolute atomic E-state index is 12.9. The monoisotopic (exact) mass is 553 g/mol. The zero-order valence-electron chi connectivity index (χ0n) is 22.3. The summed E-state index contributed by atoms with van der Waals surface area (Å²) in [7, 11) is 0. The van der Waals surface area contributed by atoms with Crippen molar-refractivity contribution in [2.45, 2.75) is 51.2 Å². The number of ether oxygens (including phenoxy) is 2. The van der Waals surface area contributed by atoms with Gasteiger partial charge >= 0.3 is 11.9 Å². The highest BCUT2D eigenvalue weighted by Gasteiger charge is 2.22. The predicted molar refractivity (Wildman–Crippen MR) is 147 cm³/mol. The molecule has 3 rings (SSSR count). The third kappa shape index (κ3) is 9.00. The minimum atomic E-state index is -1.13. The zero-order chi connectivity index (χ0) is 29.2. The number of piperidine rings is 1. The molecule has 1 heterocycles. The number of nitrogens with one attached hydrogen (secondary N) is 3. The van der Waals surface area contributed by atoms with E-state index in [9.17, 15) is 19.5 Å². The molecule has 0 bridgehead atoms. The topological polar surface area (TPSA) is 199 Å². The number of hydrogen-bond acceptors (Lipinski definition) is 7. The van der Waals surface area contributed by atoms with Crippen LogP contribution in [0.15, 0.2) is 42.5 Å². The normalized spacial score (nSPS) is 14.2. The maximum atomic E-state index is 12.9. The summed E-state index contributed by atoms with van der Waals surface area (Å²) in [5.74, 6) is -1.39. The molecule has 1 atom stereocenters. The number of likely N-dealkylation sites (tertiary alicyclic amines) is 1. The van der Waals surface area contributed by atoms with Gasteiger partial charge < -0.3 is 35.6 Å². The molecule has 2 aromatic carbocycles. The molecule has 1 fully saturated rings. The summed E-state index contributed by atoms with van der Waals surface area (Å²) >= 11 is 0. The van der Waals surface area contributed by atoms with E-state index in [1.165, 1.54) is 6.07 Å². The molecule has 12 heteroatoms. The van der Waals surface area contributed by atoms with Crippen molar-refractivity contribution in [3.05, 3.63) is 59.2 Å². The Labute approximate surface area is 232 Å². The molecule has 1 aliphatic heterocycles. The number of rotatable bonds is 13. The first-order valence-electron chi connectivity index (χ1n) is 12.9. The van der Waals surface area contributed by atoms with Crippen molar-refractivity contribution in [1.29, 1.82) is 10.8 Å². The van der Waals surface area contributed by atoms with Crippen LogP contribution in [0.1, 0.15) is 54.1 Å². The van der Waals surface area contributed by atoms with Gasteiger partial charge in [0.05, 0.1) is 18.3 Å². The lowest BCUT2D eigenvalue weighted by Crippen LogP contribution is -2.41. The van der Waals surface area contributed by atoms with Crippen molar-refractivity contribution in [1.82, 2.24) is 10.2 Å². The second kappa shape index (κ2) is 14.0. The zero-order valence-corrected chi connectivity index (χ0v) is 22.3. The number of nitrogen functional groups attached to an aromatic ring is 1. The van der Waals surface area contributed by atoms with Crippen LogP contribution in [0, 0.1) is 10.8 Å². The van der Waals surface area contributed by atoms with Crippen LogP contribution in [0.5, 0.6) is 11.5 Å². The van der Waals surface area contributed by atoms with E-state index in [0.29, 0.717) is 28.3 Å². The van der Waals surface area contributed by atoms with Gasteiger partial charge in [-0.25, -0.2) is 0 Å². The van der Waals surface area contributed by atoms with E-state index < -0.39 is 30.3 Å². The van der Waals surface area contributed by atoms with Gasteiger partial charge in [0.25, 0.3) is 5.91 Å². The van der Waals surface area contributed by atoms with E-state index in [-0.39, 0.29) is 37.1 Å². The molecule has 2 aromatic rings. The van der Waals surface area contributed by atoms with E-state index in [1.807, 2.05) is 4.90 Å². The average Bonchev–Trinajstić information content (AvgIpc) is 2.91. The Morgan fingerprint density at radius 3 is 2.27 bits per heavy atom. The molecule has 12 nitrogen and oxygen atoms in total. The van der Waals surface area contributed by atoms with Crippen LogP contribution >= 0.6 is 0 Å². The van der Waals surface area contributed by atoms with Gasteiger partial charge in [-0.3, -0.25) is 25.2 Å². The van der Waals surface area contributed by atoms with Crippen LogP contribution in [0.4, 0.5) is 0 Å². The molecule has 0 unspecified atom stereocenters. The predicted octanol–water partition coefficient (Wildman–Crippen LogP) is 2.48. The van der Waals surface area contributed by atoms with Gasteiger partial charge in [-0.2, -0.15) is 0 Å². The molecule has 1 amide bonds. The SMILES string of the molecule is CC(=N)N1CCC(Oc2ccc(C(=O)N[C@@H](COc3cc(C(=N)N)ccc3CCC(=O)O)CC(=O)O)cc2)CC1. The van der Waals surface area contributed by atoms with Crippen molar-refractivity contribution in [2.75, 3.05) is 19.7 Å². The van der Waals surface area contributed by atoms with Gasteiger partial charge in [-0.15, -0.1) is 0 Å². The van der Waals surface area contributed by atoms with Crippen molar-refractivity contribution < 1.29 is 34.1 Å². The van der Waals surface area contributed by atoms with Crippen LogP contribution in [-0.4, -0.2) is 76.5 Å². The molecule has 0 aromatic heterocycles. The molecule has 0 radical (unpaired) electrons. The van der Waals surface area contributed by atoms with Gasteiger partial charge in [0.15, 0.2) is 0 Å². The molecule has 1 aliphatic rings. The molecule has 0 saturated carbocycles. The largest absolute Gasteiger partial charge is 0.491 e. The van der Waals surface area contributed by atoms with Crippen molar-refractivity contribution in [3.8, 4) is 11.5 Å². The summed E-state index contributed by atoms with van der Waals surface area (Å²) < 4.78 is 11.9. The molecule has 1 saturated heterocycles. The molecule has 0 spiro atoms. The van der Waals surface area contributed by atoms with Gasteiger partial charge in [0, 0.05) is 43.5 Å². The number of nitrogens with two attached hydrogens (primary N) is 1. The number of carboxylic acid groups (broad SMARTS) is 2. The summed E-state index contributed by atoms with van der Waals surface area (Å²) in [6.45, 7) is 3.08. The number of hydrogen-bond donors (Lipinski definition) is 6. The van der Waals surface area contributed by atoms with E-state index in [4.69, 9.17) is 31.1 Å². The summed E-state index contributed by atoms with van der Waals surface area (Å²) in [6.07, 6.45) is 1.22. The highest BCUT2D eigenvalue weighted by atomic mass is 16.5. The molecule has 7 N–H and O–H groups in total. The van der Waals surface area contributed by atoms with Crippen molar-refractivity contribution >= 4 is 29.5 Å². The van der Waals surface area contributed by atoms with Crippen LogP contribution < -0.4 is 20.5 Å². The lowest BCUT2D eigenvalue weighted by molar-refractivity contribution is -0.138. The van der Waals surface area contributed by atoms with Crippen LogP contribution in [0.25, 0.3) is 0 Å². The number of amidine groups is 2. The number of carbonyl (C=O) groups is 3. The highest BCUT2D eigenvalue weighted by molar-refractivity contribution is 5.95. The first kappa shape index (κ1) is 29.9. The Morgan fingerprint density at radius 2 is 1.70 bits per heavy atom. The molecule has 214 valence electrons. The summed E-state index contributed by atoms with van der Waals surface area (Å²) in [6, 6.07) is 10.4. The second-order valence-electron chi connectivity index (χ2n) is 9.62. The quantitative estimate of drug-likeness (QED) is 0.159. The highest BCUT2D eigenvalue weighted by Crippen LogP contribution is 2.23. The number of amides is 1. The van der Waals surface area contributed by atoms with Gasteiger partial charge in [0.1, 0.15) is 30.0 Å². The van der Waals surface area contributed by atoms with Gasteiger partial charge in [-0.05, 0) is 49.2 Å². The summed E-state index contributed by atoms with van der Waals surface area (Å²) in [5, 5.41) is 36.5. The van der Waals surface area contributed by atoms with Gasteiger partial charge in [0.2, 0.25) is 0 Å². The lowest BCUT2D eigenvalue weighted by atomic mass is 10.0. The van der Waals surface area contributed by atoms with Gasteiger partial charge in [-0.1, -0.05) is 12.1 Å². The van der Waals surface area contributed by atoms with Crippen LogP contribution in [0.2, 0.25) is 0 Å². The summed E-state index contributed by atoms with van der Waals surface area (Å²) in [4.78, 5) is 37.4. The molecule has 0 aliphatic carbocycles. The van der Waals surface area contributed by atoms with E-state index >= 15 is 0 Å². The van der Waals surface area contributed by atoms with Crippen molar-refractivity contribution in [2.24, 2.45) is 5.73 Å². The van der Waals surface area contributed by atoms with E-state index in [1.54, 1.807) is 43.3 Å². The fourth-order valence-electron chi connectivity index (χ4n) is 4.31. The standard InChI is InChI=1S/C28H35N5O7/c1-17(29)33-12-10-23(11-13-33)40-22-7-4-19(5-8-22)28(38)32-21(15-26(36)37)16-39-24-14-20(27(30)31)3-2-18(24)6-9-25(34)35/h2-5,7-8,14,21,23,29H,6,9-13,15-16H2,1H3,(H3,30,31)(H,32,38)(H,34,35)(H,36,37)/t21-/m1/s1. The smallest absolute Gasteiger partial charge is 0.305 e. The Hall–Kier alpha value is -4.61. The first-order chi connectivity index (χ1) is 19.0. The second-order valence-corrected chi connectivity index (χ2v) is 9.62. The Kier molecular flexibility index (Phi) is 10.5. The fraction of sp³-hybridized carbons (Fsp3) is 0.393. The van der Waals surface area contributed by atoms with E-state index in [2.05, 4.69) is 5.32 Å². The minimum Gasteiger partial charge on any atom is -0.491 e. The van der Waals surface area contributed by atoms with Crippen LogP contribution in [-0.2, 0) is 16.0 Å². The van der Waals surface area contributed by atoms with Crippen LogP contribution in [0.3, 0.4) is 0 Å². The Balaban J connectivity index is 1.63.